The van der Waals surface area contributed by atoms with Crippen molar-refractivity contribution in [2.75, 3.05) is 19.7 Å². The molecular formula is C12H13Cl2NO3. The summed E-state index contributed by atoms with van der Waals surface area (Å²) in [4.78, 5) is 11.9. The fraction of sp³-hybridized carbons (Fsp3) is 0.417. The monoisotopic (exact) mass is 289 g/mol. The van der Waals surface area contributed by atoms with E-state index in [1.165, 1.54) is 0 Å². The molecule has 0 amide bonds. The van der Waals surface area contributed by atoms with E-state index in [1.54, 1.807) is 12.1 Å². The van der Waals surface area contributed by atoms with Gasteiger partial charge in [0.2, 0.25) is 0 Å². The molecule has 0 bridgehead atoms. The van der Waals surface area contributed by atoms with Crippen molar-refractivity contribution in [1.29, 1.82) is 0 Å². The number of morpholine rings is 1. The van der Waals surface area contributed by atoms with Crippen LogP contribution in [0, 0.1) is 0 Å². The largest absolute Gasteiger partial charge is 0.428 e. The third-order valence-electron chi connectivity index (χ3n) is 2.65. The van der Waals surface area contributed by atoms with Crippen LogP contribution >= 0.6 is 23.2 Å². The first-order valence-corrected chi connectivity index (χ1v) is 6.46. The van der Waals surface area contributed by atoms with Gasteiger partial charge in [-0.25, -0.2) is 4.79 Å². The predicted octanol–water partition coefficient (Wildman–Crippen LogP) is 2.27. The second kappa shape index (κ2) is 6.38. The third kappa shape index (κ3) is 3.36. The Morgan fingerprint density at radius 1 is 1.44 bits per heavy atom. The Morgan fingerprint density at radius 2 is 2.22 bits per heavy atom. The van der Waals surface area contributed by atoms with Crippen LogP contribution in [0.2, 0.25) is 0 Å². The van der Waals surface area contributed by atoms with Gasteiger partial charge in [0, 0.05) is 13.1 Å². The summed E-state index contributed by atoms with van der Waals surface area (Å²) in [5, 5.41) is 2.04. The Kier molecular flexibility index (Phi) is 4.83. The van der Waals surface area contributed by atoms with Crippen molar-refractivity contribution in [3.63, 3.8) is 0 Å². The Labute approximate surface area is 115 Å². The molecule has 0 aromatic heterocycles. The number of rotatable bonds is 3. The highest BCUT2D eigenvalue weighted by Crippen LogP contribution is 2.24. The number of alkyl halides is 2. The average molecular weight is 290 g/mol. The first-order valence-electron chi connectivity index (χ1n) is 5.59. The number of nitrogens with one attached hydrogen (secondary N) is 1. The summed E-state index contributed by atoms with van der Waals surface area (Å²) in [6.07, 6.45) is -0.161. The zero-order valence-corrected chi connectivity index (χ0v) is 11.1. The number of esters is 1. The molecule has 2 rings (SSSR count). The van der Waals surface area contributed by atoms with Crippen LogP contribution in [0.1, 0.15) is 22.0 Å². The van der Waals surface area contributed by atoms with Crippen LogP contribution in [-0.4, -0.2) is 30.7 Å². The molecule has 18 heavy (non-hydrogen) atoms. The SMILES string of the molecule is O=C(OC(Cl)Cl)c1ccccc1C1CNCCO1. The third-order valence-corrected chi connectivity index (χ3v) is 2.83. The molecule has 1 unspecified atom stereocenters. The molecule has 98 valence electrons. The van der Waals surface area contributed by atoms with Gasteiger partial charge in [-0.3, -0.25) is 0 Å². The van der Waals surface area contributed by atoms with Crippen LogP contribution in [0.4, 0.5) is 0 Å². The lowest BCUT2D eigenvalue weighted by Crippen LogP contribution is -2.34. The molecule has 1 aliphatic heterocycles. The quantitative estimate of drug-likeness (QED) is 0.685. The molecule has 1 aromatic rings. The molecule has 0 saturated carbocycles. The second-order valence-corrected chi connectivity index (χ2v) is 4.83. The number of carbonyl (C=O) groups is 1. The zero-order valence-electron chi connectivity index (χ0n) is 9.57. The van der Waals surface area contributed by atoms with E-state index in [4.69, 9.17) is 32.7 Å². The molecule has 0 spiro atoms. The molecule has 1 aliphatic rings. The number of carbonyl (C=O) groups excluding carboxylic acids is 1. The molecule has 1 saturated heterocycles. The molecule has 1 aromatic carbocycles. The predicted molar refractivity (Wildman–Crippen MR) is 68.9 cm³/mol. The summed E-state index contributed by atoms with van der Waals surface area (Å²) in [5.74, 6) is -0.547. The lowest BCUT2D eigenvalue weighted by Gasteiger charge is -2.25. The molecular weight excluding hydrogens is 277 g/mol. The van der Waals surface area contributed by atoms with Crippen LogP contribution in [-0.2, 0) is 9.47 Å². The minimum Gasteiger partial charge on any atom is -0.428 e. The number of halogens is 2. The van der Waals surface area contributed by atoms with Crippen molar-refractivity contribution in [2.24, 2.45) is 0 Å². The topological polar surface area (TPSA) is 47.6 Å². The standard InChI is InChI=1S/C12H13Cl2NO3/c13-12(14)18-11(16)9-4-2-1-3-8(9)10-7-15-5-6-17-10/h1-4,10,12,15H,5-7H2. The fourth-order valence-electron chi connectivity index (χ4n) is 1.87. The Morgan fingerprint density at radius 3 is 2.89 bits per heavy atom. The summed E-state index contributed by atoms with van der Waals surface area (Å²) >= 11 is 10.9. The minimum atomic E-state index is -1.17. The molecule has 1 heterocycles. The molecule has 0 radical (unpaired) electrons. The van der Waals surface area contributed by atoms with E-state index in [2.05, 4.69) is 5.32 Å². The van der Waals surface area contributed by atoms with Crippen LogP contribution in [0.3, 0.4) is 0 Å². The fourth-order valence-corrected chi connectivity index (χ4v) is 2.04. The maximum atomic E-state index is 11.9. The van der Waals surface area contributed by atoms with Gasteiger partial charge in [0.15, 0.2) is 0 Å². The van der Waals surface area contributed by atoms with Gasteiger partial charge in [0.25, 0.3) is 5.02 Å². The first kappa shape index (κ1) is 13.6. The second-order valence-electron chi connectivity index (χ2n) is 3.82. The van der Waals surface area contributed by atoms with Crippen LogP contribution < -0.4 is 5.32 Å². The maximum Gasteiger partial charge on any atom is 0.340 e. The normalized spacial score (nSPS) is 19.8. The highest BCUT2D eigenvalue weighted by atomic mass is 35.5. The molecule has 0 aliphatic carbocycles. The van der Waals surface area contributed by atoms with E-state index in [-0.39, 0.29) is 6.10 Å². The van der Waals surface area contributed by atoms with Gasteiger partial charge in [0.1, 0.15) is 0 Å². The van der Waals surface area contributed by atoms with Crippen molar-refractivity contribution in [3.8, 4) is 0 Å². The van der Waals surface area contributed by atoms with E-state index < -0.39 is 11.0 Å². The summed E-state index contributed by atoms with van der Waals surface area (Å²) in [5.41, 5.74) is 1.21. The molecule has 1 N–H and O–H groups in total. The lowest BCUT2D eigenvalue weighted by atomic mass is 10.0. The van der Waals surface area contributed by atoms with Gasteiger partial charge in [-0.2, -0.15) is 0 Å². The van der Waals surface area contributed by atoms with Gasteiger partial charge >= 0.3 is 5.97 Å². The van der Waals surface area contributed by atoms with Gasteiger partial charge < -0.3 is 14.8 Å². The van der Waals surface area contributed by atoms with Gasteiger partial charge in [0.05, 0.1) is 18.3 Å². The highest BCUT2D eigenvalue weighted by Gasteiger charge is 2.23. The Balaban J connectivity index is 2.21. The van der Waals surface area contributed by atoms with Crippen LogP contribution in [0.5, 0.6) is 0 Å². The lowest BCUT2D eigenvalue weighted by molar-refractivity contribution is 0.0254. The van der Waals surface area contributed by atoms with Crippen molar-refractivity contribution < 1.29 is 14.3 Å². The van der Waals surface area contributed by atoms with Gasteiger partial charge in [-0.05, 0) is 11.6 Å². The van der Waals surface area contributed by atoms with Gasteiger partial charge in [-0.1, -0.05) is 41.4 Å². The van der Waals surface area contributed by atoms with E-state index in [0.717, 1.165) is 12.1 Å². The molecule has 4 nitrogen and oxygen atoms in total. The Hall–Kier alpha value is -0.810. The van der Waals surface area contributed by atoms with Gasteiger partial charge in [-0.15, -0.1) is 0 Å². The van der Waals surface area contributed by atoms with Crippen LogP contribution in [0.25, 0.3) is 0 Å². The van der Waals surface area contributed by atoms with E-state index in [9.17, 15) is 4.79 Å². The first-order chi connectivity index (χ1) is 8.68. The maximum absolute atomic E-state index is 11.9. The zero-order chi connectivity index (χ0) is 13.0. The number of ether oxygens (including phenoxy) is 2. The molecule has 1 fully saturated rings. The minimum absolute atomic E-state index is 0.161. The molecule has 6 heteroatoms. The van der Waals surface area contributed by atoms with Crippen molar-refractivity contribution >= 4 is 29.2 Å². The summed E-state index contributed by atoms with van der Waals surface area (Å²) in [6.45, 7) is 2.09. The van der Waals surface area contributed by atoms with E-state index in [1.807, 2.05) is 12.1 Å². The van der Waals surface area contributed by atoms with Crippen molar-refractivity contribution in [2.45, 2.75) is 11.1 Å². The summed E-state index contributed by atoms with van der Waals surface area (Å²) in [7, 11) is 0. The number of hydrogen-bond donors (Lipinski definition) is 1. The number of hydrogen-bond acceptors (Lipinski definition) is 4. The smallest absolute Gasteiger partial charge is 0.340 e. The Bertz CT molecular complexity index is 420. The van der Waals surface area contributed by atoms with E-state index in [0.29, 0.717) is 18.7 Å². The molecule has 1 atom stereocenters. The summed E-state index contributed by atoms with van der Waals surface area (Å²) in [6, 6.07) is 7.12. The highest BCUT2D eigenvalue weighted by molar-refractivity contribution is 6.43. The number of benzene rings is 1. The van der Waals surface area contributed by atoms with E-state index >= 15 is 0 Å². The summed E-state index contributed by atoms with van der Waals surface area (Å²) < 4.78 is 10.4. The van der Waals surface area contributed by atoms with Crippen molar-refractivity contribution in [3.05, 3.63) is 35.4 Å². The average Bonchev–Trinajstić information content (AvgIpc) is 2.39. The van der Waals surface area contributed by atoms with Crippen LogP contribution in [0.15, 0.2) is 24.3 Å². The van der Waals surface area contributed by atoms with Crippen molar-refractivity contribution in [1.82, 2.24) is 5.32 Å².